The summed E-state index contributed by atoms with van der Waals surface area (Å²) < 4.78 is 5.63. The highest BCUT2D eigenvalue weighted by atomic mass is 32.3. The first-order chi connectivity index (χ1) is 10.7. The maximum atomic E-state index is 4.63. The van der Waals surface area contributed by atoms with E-state index < -0.39 is 0 Å². The topological polar surface area (TPSA) is 25.8 Å². The Morgan fingerprint density at radius 3 is 1.68 bits per heavy atom. The van der Waals surface area contributed by atoms with Gasteiger partial charge in [-0.2, -0.15) is 0 Å². The first-order valence-corrected chi connectivity index (χ1v) is 11.9. The molecule has 0 radical (unpaired) electrons. The number of fused-ring (bicyclic) bond motifs is 1. The zero-order chi connectivity index (χ0) is 15.1. The lowest BCUT2D eigenvalue weighted by atomic mass is 10.4. The molecule has 0 bridgehead atoms. The van der Waals surface area contributed by atoms with Crippen molar-refractivity contribution in [3.63, 3.8) is 0 Å². The summed E-state index contributed by atoms with van der Waals surface area (Å²) in [5.41, 5.74) is 2.05. The lowest BCUT2D eigenvalue weighted by molar-refractivity contribution is 0.863. The normalized spacial score (nSPS) is 20.3. The molecule has 114 valence electrons. The summed E-state index contributed by atoms with van der Waals surface area (Å²) in [6.07, 6.45) is 4.46. The van der Waals surface area contributed by atoms with E-state index in [-0.39, 0.29) is 0 Å². The van der Waals surface area contributed by atoms with Gasteiger partial charge in [-0.25, -0.2) is 9.97 Å². The van der Waals surface area contributed by atoms with Crippen molar-refractivity contribution in [2.24, 2.45) is 0 Å². The molecule has 22 heavy (non-hydrogen) atoms. The van der Waals surface area contributed by atoms with Crippen LogP contribution in [-0.2, 0) is 0 Å². The second-order valence-corrected chi connectivity index (χ2v) is 12.1. The van der Waals surface area contributed by atoms with Crippen LogP contribution in [0.5, 0.6) is 0 Å². The van der Waals surface area contributed by atoms with E-state index in [4.69, 9.17) is 0 Å². The second kappa shape index (κ2) is 6.72. The third kappa shape index (κ3) is 3.28. The molecule has 0 aliphatic carbocycles. The van der Waals surface area contributed by atoms with Crippen LogP contribution in [0.3, 0.4) is 0 Å². The number of aromatic nitrogens is 2. The van der Waals surface area contributed by atoms with Gasteiger partial charge >= 0.3 is 0 Å². The Balaban J connectivity index is 1.48. The van der Waals surface area contributed by atoms with Crippen LogP contribution in [0.15, 0.2) is 39.2 Å². The predicted molar refractivity (Wildman–Crippen MR) is 107 cm³/mol. The zero-order valence-electron chi connectivity index (χ0n) is 11.9. The third-order valence-corrected chi connectivity index (χ3v) is 11.0. The van der Waals surface area contributed by atoms with Gasteiger partial charge in [-0.05, 0) is 26.0 Å². The molecule has 1 aromatic heterocycles. The van der Waals surface area contributed by atoms with Gasteiger partial charge in [0.25, 0.3) is 0 Å². The third-order valence-electron chi connectivity index (χ3n) is 3.10. The summed E-state index contributed by atoms with van der Waals surface area (Å²) >= 11 is 11.3. The molecule has 0 atom stereocenters. The van der Waals surface area contributed by atoms with E-state index in [9.17, 15) is 0 Å². The van der Waals surface area contributed by atoms with Crippen molar-refractivity contribution in [2.45, 2.75) is 23.9 Å². The Bertz CT molecular complexity index is 684. The van der Waals surface area contributed by atoms with Crippen LogP contribution in [0.1, 0.15) is 11.4 Å². The van der Waals surface area contributed by atoms with Gasteiger partial charge in [0.05, 0.1) is 28.3 Å². The highest BCUT2D eigenvalue weighted by molar-refractivity contribution is 8.41. The average molecular weight is 401 g/mol. The van der Waals surface area contributed by atoms with Crippen molar-refractivity contribution in [1.29, 1.82) is 0 Å². The van der Waals surface area contributed by atoms with E-state index in [0.29, 0.717) is 0 Å². The molecule has 0 unspecified atom stereocenters. The van der Waals surface area contributed by atoms with E-state index in [1.165, 1.54) is 28.5 Å². The standard InChI is InChI=1S/C14H12N2S6/c1-7-8(2)16-12-11(15-7)19-9(20-12)3-4-10-21-13-14(22-10)18-6-5-17-13/h3-4H,5-6H2,1-2H3. The van der Waals surface area contributed by atoms with Crippen LogP contribution >= 0.6 is 70.6 Å². The Labute approximate surface area is 155 Å². The number of hydrogen-bond donors (Lipinski definition) is 0. The molecule has 1 aromatic rings. The molecule has 0 amide bonds. The van der Waals surface area contributed by atoms with Gasteiger partial charge in [-0.1, -0.05) is 47.0 Å². The molecule has 0 saturated carbocycles. The Hall–Kier alpha value is 0.400. The van der Waals surface area contributed by atoms with E-state index >= 15 is 0 Å². The van der Waals surface area contributed by atoms with Gasteiger partial charge in [0.1, 0.15) is 10.1 Å². The minimum absolute atomic E-state index is 1.03. The molecular formula is C14H12N2S6. The average Bonchev–Trinajstić information content (AvgIpc) is 3.08. The van der Waals surface area contributed by atoms with Gasteiger partial charge in [0, 0.05) is 11.5 Å². The van der Waals surface area contributed by atoms with Crippen LogP contribution in [-0.4, -0.2) is 21.5 Å². The summed E-state index contributed by atoms with van der Waals surface area (Å²) in [5.74, 6) is 2.48. The van der Waals surface area contributed by atoms with E-state index in [2.05, 4.69) is 22.1 Å². The van der Waals surface area contributed by atoms with Crippen molar-refractivity contribution in [1.82, 2.24) is 9.97 Å². The van der Waals surface area contributed by atoms with Crippen LogP contribution < -0.4 is 0 Å². The Morgan fingerprint density at radius 2 is 1.18 bits per heavy atom. The second-order valence-electron chi connectivity index (χ2n) is 4.66. The van der Waals surface area contributed by atoms with Crippen molar-refractivity contribution >= 4 is 70.6 Å². The highest BCUT2D eigenvalue weighted by Crippen LogP contribution is 2.59. The van der Waals surface area contributed by atoms with Crippen LogP contribution in [0.4, 0.5) is 0 Å². The Morgan fingerprint density at radius 1 is 0.727 bits per heavy atom. The highest BCUT2D eigenvalue weighted by Gasteiger charge is 2.25. The molecule has 0 aromatic carbocycles. The van der Waals surface area contributed by atoms with Gasteiger partial charge in [0.2, 0.25) is 0 Å². The number of thioether (sulfide) groups is 6. The fourth-order valence-electron chi connectivity index (χ4n) is 1.91. The first kappa shape index (κ1) is 15.9. The number of aryl methyl sites for hydroxylation is 2. The molecular weight excluding hydrogens is 389 g/mol. The smallest absolute Gasteiger partial charge is 0.134 e. The first-order valence-electron chi connectivity index (χ1n) is 6.67. The zero-order valence-corrected chi connectivity index (χ0v) is 16.8. The van der Waals surface area contributed by atoms with Crippen molar-refractivity contribution in [3.05, 3.63) is 40.5 Å². The Kier molecular flexibility index (Phi) is 4.86. The molecule has 4 heterocycles. The maximum Gasteiger partial charge on any atom is 0.134 e. The molecule has 0 saturated heterocycles. The number of hydrogen-bond acceptors (Lipinski definition) is 8. The van der Waals surface area contributed by atoms with Gasteiger partial charge in [-0.15, -0.1) is 23.5 Å². The lowest BCUT2D eigenvalue weighted by Gasteiger charge is -2.08. The molecule has 2 nitrogen and oxygen atoms in total. The van der Waals surface area contributed by atoms with Crippen molar-refractivity contribution in [2.75, 3.05) is 11.5 Å². The molecule has 8 heteroatoms. The van der Waals surface area contributed by atoms with E-state index in [1.807, 2.05) is 60.9 Å². The fourth-order valence-corrected chi connectivity index (χ4v) is 9.86. The summed E-state index contributed by atoms with van der Waals surface area (Å²) in [6.45, 7) is 4.05. The minimum atomic E-state index is 1.03. The van der Waals surface area contributed by atoms with Gasteiger partial charge in [0.15, 0.2) is 0 Å². The largest absolute Gasteiger partial charge is 0.242 e. The number of allylic oxidation sites excluding steroid dienone is 2. The molecule has 4 rings (SSSR count). The minimum Gasteiger partial charge on any atom is -0.242 e. The van der Waals surface area contributed by atoms with E-state index in [1.54, 1.807) is 23.5 Å². The molecule has 0 spiro atoms. The summed E-state index contributed by atoms with van der Waals surface area (Å²) in [5, 5.41) is 2.10. The van der Waals surface area contributed by atoms with Crippen LogP contribution in [0, 0.1) is 13.8 Å². The van der Waals surface area contributed by atoms with E-state index in [0.717, 1.165) is 21.4 Å². The lowest BCUT2D eigenvalue weighted by Crippen LogP contribution is -1.93. The summed E-state index contributed by atoms with van der Waals surface area (Å²) in [6, 6.07) is 0. The SMILES string of the molecule is Cc1nc2c(nc1C)SC(=CC=C1SC3=C(SCCS3)S1)S2. The summed E-state index contributed by atoms with van der Waals surface area (Å²) in [7, 11) is 0. The molecule has 3 aliphatic rings. The van der Waals surface area contributed by atoms with Gasteiger partial charge in [-0.3, -0.25) is 0 Å². The van der Waals surface area contributed by atoms with Crippen LogP contribution in [0.25, 0.3) is 0 Å². The monoisotopic (exact) mass is 400 g/mol. The van der Waals surface area contributed by atoms with Gasteiger partial charge < -0.3 is 0 Å². The fraction of sp³-hybridized carbons (Fsp3) is 0.286. The molecule has 0 N–H and O–H groups in total. The molecule has 3 aliphatic heterocycles. The quantitative estimate of drug-likeness (QED) is 0.561. The maximum absolute atomic E-state index is 4.63. The number of nitrogens with zero attached hydrogens (tertiary/aromatic N) is 2. The van der Waals surface area contributed by atoms with Crippen LogP contribution in [0.2, 0.25) is 0 Å². The number of rotatable bonds is 1. The van der Waals surface area contributed by atoms with Crippen molar-refractivity contribution in [3.8, 4) is 0 Å². The summed E-state index contributed by atoms with van der Waals surface area (Å²) in [4.78, 5) is 9.27. The van der Waals surface area contributed by atoms with Crippen molar-refractivity contribution < 1.29 is 0 Å². The molecule has 0 fully saturated rings. The predicted octanol–water partition coefficient (Wildman–Crippen LogP) is 6.06.